The molecule has 0 bridgehead atoms. The highest BCUT2D eigenvalue weighted by atomic mass is 19.1. The third kappa shape index (κ3) is 1.32. The van der Waals surface area contributed by atoms with Crippen molar-refractivity contribution in [3.63, 3.8) is 0 Å². The number of nitrogens with two attached hydrogens (primary N) is 1. The van der Waals surface area contributed by atoms with Gasteiger partial charge in [0.15, 0.2) is 0 Å². The van der Waals surface area contributed by atoms with Gasteiger partial charge < -0.3 is 10.3 Å². The van der Waals surface area contributed by atoms with Gasteiger partial charge >= 0.3 is 0 Å². The number of hydrogen-bond donors (Lipinski definition) is 1. The monoisotopic (exact) mass is 196 g/mol. The normalized spacial score (nSPS) is 10.4. The molecule has 3 nitrogen and oxygen atoms in total. The average Bonchev–Trinajstić information content (AvgIpc) is 2.56. The molecular weight excluding hydrogens is 190 g/mol. The third-order valence-electron chi connectivity index (χ3n) is 1.82. The lowest BCUT2D eigenvalue weighted by atomic mass is 10.1. The van der Waals surface area contributed by atoms with Crippen LogP contribution in [0.3, 0.4) is 0 Å². The zero-order chi connectivity index (χ0) is 10.1. The van der Waals surface area contributed by atoms with E-state index in [2.05, 4.69) is 9.68 Å². The van der Waals surface area contributed by atoms with Gasteiger partial charge in [0, 0.05) is 5.56 Å². The van der Waals surface area contributed by atoms with Gasteiger partial charge in [-0.3, -0.25) is 0 Å². The summed E-state index contributed by atoms with van der Waals surface area (Å²) in [7, 11) is 0. The highest BCUT2D eigenvalue weighted by Crippen LogP contribution is 2.28. The van der Waals surface area contributed by atoms with E-state index in [-0.39, 0.29) is 17.0 Å². The average molecular weight is 196 g/mol. The third-order valence-corrected chi connectivity index (χ3v) is 1.82. The largest absolute Gasteiger partial charge is 0.367 e. The van der Waals surface area contributed by atoms with Crippen LogP contribution in [0.4, 0.5) is 14.7 Å². The molecule has 1 aromatic heterocycles. The van der Waals surface area contributed by atoms with Gasteiger partial charge in [-0.05, 0) is 18.2 Å². The first-order valence-electron chi connectivity index (χ1n) is 3.84. The van der Waals surface area contributed by atoms with E-state index in [1.165, 1.54) is 6.20 Å². The van der Waals surface area contributed by atoms with Gasteiger partial charge in [-0.1, -0.05) is 5.16 Å². The molecule has 0 saturated carbocycles. The van der Waals surface area contributed by atoms with Crippen LogP contribution in [0, 0.1) is 11.6 Å². The Bertz CT molecular complexity index is 468. The van der Waals surface area contributed by atoms with E-state index in [1.807, 2.05) is 0 Å². The van der Waals surface area contributed by atoms with E-state index in [4.69, 9.17) is 5.73 Å². The summed E-state index contributed by atoms with van der Waals surface area (Å²) in [5, 5.41) is 3.38. The number of benzene rings is 1. The predicted octanol–water partition coefficient (Wildman–Crippen LogP) is 2.20. The molecular formula is C9H6F2N2O. The Morgan fingerprint density at radius 2 is 2.00 bits per heavy atom. The molecule has 0 amide bonds. The van der Waals surface area contributed by atoms with E-state index in [0.717, 1.165) is 18.2 Å². The topological polar surface area (TPSA) is 52.0 Å². The molecule has 5 heteroatoms. The number of anilines is 1. The standard InChI is InChI=1S/C9H6F2N2O/c10-5-1-2-8(11)6(3-5)7-4-13-14-9(7)12/h1-4H,12H2. The first-order chi connectivity index (χ1) is 6.68. The molecule has 72 valence electrons. The van der Waals surface area contributed by atoms with Crippen LogP contribution in [0.25, 0.3) is 11.1 Å². The van der Waals surface area contributed by atoms with Crippen molar-refractivity contribution in [3.8, 4) is 11.1 Å². The maximum atomic E-state index is 13.2. The summed E-state index contributed by atoms with van der Waals surface area (Å²) in [4.78, 5) is 0. The smallest absolute Gasteiger partial charge is 0.230 e. The fourth-order valence-electron chi connectivity index (χ4n) is 1.15. The lowest BCUT2D eigenvalue weighted by Gasteiger charge is -1.99. The molecule has 0 aliphatic heterocycles. The maximum absolute atomic E-state index is 13.2. The summed E-state index contributed by atoms with van der Waals surface area (Å²) >= 11 is 0. The lowest BCUT2D eigenvalue weighted by molar-refractivity contribution is 0.436. The number of rotatable bonds is 1. The van der Waals surface area contributed by atoms with Crippen LogP contribution in [0.1, 0.15) is 0 Å². The van der Waals surface area contributed by atoms with E-state index >= 15 is 0 Å². The van der Waals surface area contributed by atoms with E-state index < -0.39 is 11.6 Å². The second-order valence-corrected chi connectivity index (χ2v) is 2.73. The first-order valence-corrected chi connectivity index (χ1v) is 3.84. The SMILES string of the molecule is Nc1oncc1-c1cc(F)ccc1F. The fraction of sp³-hybridized carbons (Fsp3) is 0. The van der Waals surface area contributed by atoms with Crippen LogP contribution in [0.15, 0.2) is 28.9 Å². The summed E-state index contributed by atoms with van der Waals surface area (Å²) < 4.78 is 30.6. The van der Waals surface area contributed by atoms with E-state index in [1.54, 1.807) is 0 Å². The number of hydrogen-bond acceptors (Lipinski definition) is 3. The number of nitrogen functional groups attached to an aromatic ring is 1. The molecule has 2 aromatic rings. The predicted molar refractivity (Wildman–Crippen MR) is 46.3 cm³/mol. The zero-order valence-corrected chi connectivity index (χ0v) is 7.00. The van der Waals surface area contributed by atoms with Crippen molar-refractivity contribution in [2.75, 3.05) is 5.73 Å². The molecule has 1 heterocycles. The molecule has 0 fully saturated rings. The van der Waals surface area contributed by atoms with Crippen LogP contribution in [0.5, 0.6) is 0 Å². The van der Waals surface area contributed by atoms with Crippen molar-refractivity contribution in [2.24, 2.45) is 0 Å². The summed E-state index contributed by atoms with van der Waals surface area (Å²) in [5.41, 5.74) is 5.67. The molecule has 0 atom stereocenters. The Labute approximate surface area is 78.1 Å². The Morgan fingerprint density at radius 3 is 2.64 bits per heavy atom. The van der Waals surface area contributed by atoms with Crippen molar-refractivity contribution in [1.29, 1.82) is 0 Å². The van der Waals surface area contributed by atoms with Crippen LogP contribution in [-0.2, 0) is 0 Å². The summed E-state index contributed by atoms with van der Waals surface area (Å²) in [5.74, 6) is -1.14. The summed E-state index contributed by atoms with van der Waals surface area (Å²) in [6, 6.07) is 3.10. The lowest BCUT2D eigenvalue weighted by Crippen LogP contribution is -1.89. The minimum absolute atomic E-state index is 0.0329. The van der Waals surface area contributed by atoms with Gasteiger partial charge in [0.05, 0.1) is 11.8 Å². The molecule has 1 aromatic carbocycles. The Kier molecular flexibility index (Phi) is 1.92. The van der Waals surface area contributed by atoms with Crippen LogP contribution in [-0.4, -0.2) is 5.16 Å². The summed E-state index contributed by atoms with van der Waals surface area (Å²) in [6.45, 7) is 0. The zero-order valence-electron chi connectivity index (χ0n) is 7.00. The Balaban J connectivity index is 2.62. The van der Waals surface area contributed by atoms with Crippen molar-refractivity contribution in [1.82, 2.24) is 5.16 Å². The number of nitrogens with zero attached hydrogens (tertiary/aromatic N) is 1. The van der Waals surface area contributed by atoms with Crippen molar-refractivity contribution in [2.45, 2.75) is 0 Å². The van der Waals surface area contributed by atoms with Gasteiger partial charge in [-0.2, -0.15) is 0 Å². The van der Waals surface area contributed by atoms with Gasteiger partial charge in [0.1, 0.15) is 11.6 Å². The number of aromatic nitrogens is 1. The van der Waals surface area contributed by atoms with Crippen LogP contribution >= 0.6 is 0 Å². The Morgan fingerprint density at radius 1 is 1.21 bits per heavy atom. The summed E-state index contributed by atoms with van der Waals surface area (Å²) in [6.07, 6.45) is 1.24. The fourth-order valence-corrected chi connectivity index (χ4v) is 1.15. The second kappa shape index (κ2) is 3.10. The minimum Gasteiger partial charge on any atom is -0.367 e. The van der Waals surface area contributed by atoms with Crippen LogP contribution < -0.4 is 5.73 Å². The van der Waals surface area contributed by atoms with Crippen LogP contribution in [0.2, 0.25) is 0 Å². The highest BCUT2D eigenvalue weighted by Gasteiger charge is 2.12. The number of halogens is 2. The van der Waals surface area contributed by atoms with Gasteiger partial charge in [-0.15, -0.1) is 0 Å². The minimum atomic E-state index is -0.568. The van der Waals surface area contributed by atoms with Crippen molar-refractivity contribution >= 4 is 5.88 Å². The van der Waals surface area contributed by atoms with Gasteiger partial charge in [-0.25, -0.2) is 8.78 Å². The molecule has 0 aliphatic rings. The highest BCUT2D eigenvalue weighted by molar-refractivity contribution is 5.72. The maximum Gasteiger partial charge on any atom is 0.230 e. The van der Waals surface area contributed by atoms with Gasteiger partial charge in [0.2, 0.25) is 5.88 Å². The quantitative estimate of drug-likeness (QED) is 0.760. The molecule has 2 rings (SSSR count). The molecule has 2 N–H and O–H groups in total. The molecule has 0 aliphatic carbocycles. The van der Waals surface area contributed by atoms with Crippen molar-refractivity contribution < 1.29 is 13.3 Å². The molecule has 0 spiro atoms. The molecule has 14 heavy (non-hydrogen) atoms. The van der Waals surface area contributed by atoms with Crippen molar-refractivity contribution in [3.05, 3.63) is 36.0 Å². The molecule has 0 radical (unpaired) electrons. The van der Waals surface area contributed by atoms with E-state index in [9.17, 15) is 8.78 Å². The second-order valence-electron chi connectivity index (χ2n) is 2.73. The van der Waals surface area contributed by atoms with E-state index in [0.29, 0.717) is 0 Å². The first kappa shape index (κ1) is 8.68. The van der Waals surface area contributed by atoms with Gasteiger partial charge in [0.25, 0.3) is 0 Å². The molecule has 0 unspecified atom stereocenters. The Hall–Kier alpha value is -1.91. The molecule has 0 saturated heterocycles.